The summed E-state index contributed by atoms with van der Waals surface area (Å²) < 4.78 is 28.9. The highest BCUT2D eigenvalue weighted by Crippen LogP contribution is 2.14. The van der Waals surface area contributed by atoms with Crippen LogP contribution >= 0.6 is 0 Å². The van der Waals surface area contributed by atoms with Crippen molar-refractivity contribution in [1.82, 2.24) is 14.6 Å². The fourth-order valence-electron chi connectivity index (χ4n) is 3.08. The summed E-state index contributed by atoms with van der Waals surface area (Å²) in [5, 5.41) is 2.83. The Labute approximate surface area is 188 Å². The van der Waals surface area contributed by atoms with E-state index in [1.165, 1.54) is 30.3 Å². The lowest BCUT2D eigenvalue weighted by Gasteiger charge is -2.20. The summed E-state index contributed by atoms with van der Waals surface area (Å²) in [4.78, 5) is 24.4. The summed E-state index contributed by atoms with van der Waals surface area (Å²) in [5.74, 6) is -0.294. The number of rotatable bonds is 7. The molecule has 3 aromatic rings. The van der Waals surface area contributed by atoms with Crippen molar-refractivity contribution in [3.8, 4) is 0 Å². The average Bonchev–Trinajstić information content (AvgIpc) is 2.73. The number of benzene rings is 2. The molecular weight excluding hydrogens is 426 g/mol. The van der Waals surface area contributed by atoms with Crippen LogP contribution in [0, 0.1) is 0 Å². The van der Waals surface area contributed by atoms with Crippen LogP contribution in [0.1, 0.15) is 42.3 Å². The molecule has 0 fully saturated rings. The fraction of sp³-hybridized carbons (Fsp3) is 0.250. The minimum Gasteiger partial charge on any atom is -0.348 e. The lowest BCUT2D eigenvalue weighted by molar-refractivity contribution is 0.0951. The molecule has 0 spiro atoms. The zero-order valence-electron chi connectivity index (χ0n) is 18.3. The third kappa shape index (κ3) is 6.38. The number of nitrogens with one attached hydrogen (secondary N) is 2. The van der Waals surface area contributed by atoms with Crippen LogP contribution in [0.5, 0.6) is 0 Å². The van der Waals surface area contributed by atoms with Gasteiger partial charge in [0, 0.05) is 29.9 Å². The van der Waals surface area contributed by atoms with Crippen molar-refractivity contribution in [2.75, 3.05) is 0 Å². The molecule has 3 rings (SSSR count). The second-order valence-electron chi connectivity index (χ2n) is 8.55. The van der Waals surface area contributed by atoms with Crippen molar-refractivity contribution in [2.45, 2.75) is 44.3 Å². The van der Waals surface area contributed by atoms with Gasteiger partial charge in [-0.2, -0.15) is 0 Å². The zero-order chi connectivity index (χ0) is 23.4. The van der Waals surface area contributed by atoms with Gasteiger partial charge in [-0.05, 0) is 62.2 Å². The SMILES string of the molecule is CC(C)(C)NS(=O)(=O)c1ccc(C(=O)NCc2ccc(Cn3ccccc3=O)cc2)cc1. The molecule has 0 aliphatic rings. The van der Waals surface area contributed by atoms with E-state index in [1.807, 2.05) is 30.3 Å². The van der Waals surface area contributed by atoms with Crippen molar-refractivity contribution in [3.05, 3.63) is 100.0 Å². The summed E-state index contributed by atoms with van der Waals surface area (Å²) in [6, 6.07) is 18.5. The molecule has 1 heterocycles. The molecule has 0 saturated heterocycles. The molecule has 32 heavy (non-hydrogen) atoms. The number of amides is 1. The third-order valence-corrected chi connectivity index (χ3v) is 6.37. The Balaban J connectivity index is 1.58. The van der Waals surface area contributed by atoms with Crippen LogP contribution in [0.25, 0.3) is 0 Å². The number of carbonyl (C=O) groups is 1. The number of pyridine rings is 1. The Hall–Kier alpha value is -3.23. The van der Waals surface area contributed by atoms with Gasteiger partial charge in [0.25, 0.3) is 11.5 Å². The van der Waals surface area contributed by atoms with E-state index < -0.39 is 15.6 Å². The van der Waals surface area contributed by atoms with E-state index in [9.17, 15) is 18.0 Å². The van der Waals surface area contributed by atoms with Gasteiger partial charge in [0.1, 0.15) is 0 Å². The molecule has 0 radical (unpaired) electrons. The Morgan fingerprint density at radius 1 is 0.906 bits per heavy atom. The van der Waals surface area contributed by atoms with E-state index in [0.29, 0.717) is 18.7 Å². The van der Waals surface area contributed by atoms with Gasteiger partial charge in [-0.15, -0.1) is 0 Å². The normalized spacial score (nSPS) is 11.8. The number of nitrogens with zero attached hydrogens (tertiary/aromatic N) is 1. The first-order chi connectivity index (χ1) is 15.0. The topological polar surface area (TPSA) is 97.3 Å². The highest BCUT2D eigenvalue weighted by Gasteiger charge is 2.22. The highest BCUT2D eigenvalue weighted by molar-refractivity contribution is 7.89. The smallest absolute Gasteiger partial charge is 0.251 e. The van der Waals surface area contributed by atoms with E-state index in [0.717, 1.165) is 11.1 Å². The highest BCUT2D eigenvalue weighted by atomic mass is 32.2. The molecule has 7 nitrogen and oxygen atoms in total. The molecule has 168 valence electrons. The van der Waals surface area contributed by atoms with E-state index in [4.69, 9.17) is 0 Å². The van der Waals surface area contributed by atoms with Crippen LogP contribution in [0.15, 0.2) is 82.6 Å². The molecule has 8 heteroatoms. The fourth-order valence-corrected chi connectivity index (χ4v) is 4.50. The van der Waals surface area contributed by atoms with Crippen molar-refractivity contribution >= 4 is 15.9 Å². The lowest BCUT2D eigenvalue weighted by Crippen LogP contribution is -2.40. The molecule has 1 aromatic heterocycles. The first kappa shape index (κ1) is 23.4. The Bertz CT molecular complexity index is 1240. The maximum Gasteiger partial charge on any atom is 0.251 e. The van der Waals surface area contributed by atoms with Crippen LogP contribution in [0.2, 0.25) is 0 Å². The molecule has 0 atom stereocenters. The molecule has 2 N–H and O–H groups in total. The molecule has 1 amide bonds. The predicted octanol–water partition coefficient (Wildman–Crippen LogP) is 2.90. The van der Waals surface area contributed by atoms with E-state index in [-0.39, 0.29) is 16.4 Å². The first-order valence-electron chi connectivity index (χ1n) is 10.2. The predicted molar refractivity (Wildman–Crippen MR) is 124 cm³/mol. The largest absolute Gasteiger partial charge is 0.348 e. The molecule has 0 unspecified atom stereocenters. The van der Waals surface area contributed by atoms with Gasteiger partial charge < -0.3 is 9.88 Å². The van der Waals surface area contributed by atoms with Crippen LogP contribution in [-0.4, -0.2) is 24.4 Å². The maximum absolute atomic E-state index is 12.4. The Morgan fingerprint density at radius 3 is 2.12 bits per heavy atom. The van der Waals surface area contributed by atoms with E-state index in [1.54, 1.807) is 37.6 Å². The monoisotopic (exact) mass is 453 g/mol. The summed E-state index contributed by atoms with van der Waals surface area (Å²) in [7, 11) is -3.65. The lowest BCUT2D eigenvalue weighted by atomic mass is 10.1. The van der Waals surface area contributed by atoms with Gasteiger partial charge in [0.05, 0.1) is 11.4 Å². The van der Waals surface area contributed by atoms with Crippen molar-refractivity contribution in [1.29, 1.82) is 0 Å². The van der Waals surface area contributed by atoms with Gasteiger partial charge in [0.15, 0.2) is 0 Å². The van der Waals surface area contributed by atoms with Crippen LogP contribution in [0.3, 0.4) is 0 Å². The van der Waals surface area contributed by atoms with Crippen molar-refractivity contribution in [3.63, 3.8) is 0 Å². The molecule has 0 bridgehead atoms. The van der Waals surface area contributed by atoms with Crippen LogP contribution in [-0.2, 0) is 23.1 Å². The second kappa shape index (κ2) is 9.50. The van der Waals surface area contributed by atoms with E-state index >= 15 is 0 Å². The standard InChI is InChI=1S/C24H27N3O4S/c1-24(2,3)26-32(30,31)21-13-11-20(12-14-21)23(29)25-16-18-7-9-19(10-8-18)17-27-15-5-4-6-22(27)28/h4-15,26H,16-17H2,1-3H3,(H,25,29). The second-order valence-corrected chi connectivity index (χ2v) is 10.2. The minimum atomic E-state index is -3.65. The number of hydrogen-bond acceptors (Lipinski definition) is 4. The first-order valence-corrected chi connectivity index (χ1v) is 11.7. The zero-order valence-corrected chi connectivity index (χ0v) is 19.1. The summed E-state index contributed by atoms with van der Waals surface area (Å²) in [5.41, 5.74) is 1.61. The quantitative estimate of drug-likeness (QED) is 0.575. The number of aromatic nitrogens is 1. The molecule has 0 aliphatic heterocycles. The Morgan fingerprint density at radius 2 is 1.53 bits per heavy atom. The molecular formula is C24H27N3O4S. The molecule has 2 aromatic carbocycles. The Kier molecular flexibility index (Phi) is 6.96. The molecule has 0 saturated carbocycles. The molecule has 0 aliphatic carbocycles. The van der Waals surface area contributed by atoms with Crippen LogP contribution < -0.4 is 15.6 Å². The summed E-state index contributed by atoms with van der Waals surface area (Å²) in [6.45, 7) is 6.10. The number of carbonyl (C=O) groups excluding carboxylic acids is 1. The van der Waals surface area contributed by atoms with Crippen LogP contribution in [0.4, 0.5) is 0 Å². The average molecular weight is 454 g/mol. The van der Waals surface area contributed by atoms with Crippen molar-refractivity contribution in [2.24, 2.45) is 0 Å². The van der Waals surface area contributed by atoms with Gasteiger partial charge in [-0.1, -0.05) is 30.3 Å². The van der Waals surface area contributed by atoms with Gasteiger partial charge in [0.2, 0.25) is 10.0 Å². The van der Waals surface area contributed by atoms with E-state index in [2.05, 4.69) is 10.0 Å². The number of sulfonamides is 1. The maximum atomic E-state index is 12.4. The summed E-state index contributed by atoms with van der Waals surface area (Å²) in [6.07, 6.45) is 1.74. The third-order valence-electron chi connectivity index (χ3n) is 4.60. The van der Waals surface area contributed by atoms with Crippen molar-refractivity contribution < 1.29 is 13.2 Å². The summed E-state index contributed by atoms with van der Waals surface area (Å²) >= 11 is 0. The minimum absolute atomic E-state index is 0.0585. The van der Waals surface area contributed by atoms with Gasteiger partial charge >= 0.3 is 0 Å². The van der Waals surface area contributed by atoms with Gasteiger partial charge in [-0.25, -0.2) is 13.1 Å². The number of hydrogen-bond donors (Lipinski definition) is 2. The van der Waals surface area contributed by atoms with Gasteiger partial charge in [-0.3, -0.25) is 9.59 Å².